The molecule has 0 N–H and O–H groups in total. The normalized spacial score (nSPS) is 11.8. The lowest BCUT2D eigenvalue weighted by Gasteiger charge is -2.15. The molecular weight excluding hydrogens is 601 g/mol. The van der Waals surface area contributed by atoms with Crippen molar-refractivity contribution in [3.63, 3.8) is 0 Å². The zero-order chi connectivity index (χ0) is 34.8. The van der Waals surface area contributed by atoms with Gasteiger partial charge in [-0.25, -0.2) is 0 Å². The van der Waals surface area contributed by atoms with Crippen LogP contribution in [-0.2, 0) is 9.53 Å². The SMILES string of the molecule is CCCCCCCCCCCCCC(=O)OC(C)c1ccc(-c2ccccc2-c2ccc(OCCCCCCCCCCCC)cc2)cc1. The van der Waals surface area contributed by atoms with Gasteiger partial charge in [0.1, 0.15) is 11.9 Å². The first-order valence-electron chi connectivity index (χ1n) is 20.2. The van der Waals surface area contributed by atoms with E-state index in [2.05, 4.69) is 86.6 Å². The molecule has 1 unspecified atom stereocenters. The van der Waals surface area contributed by atoms with Crippen LogP contribution in [0.4, 0.5) is 0 Å². The summed E-state index contributed by atoms with van der Waals surface area (Å²) in [4.78, 5) is 12.5. The van der Waals surface area contributed by atoms with E-state index in [1.165, 1.54) is 132 Å². The fourth-order valence-electron chi connectivity index (χ4n) is 6.69. The fraction of sp³-hybridized carbons (Fsp3) is 0.587. The number of carbonyl (C=O) groups is 1. The van der Waals surface area contributed by atoms with E-state index < -0.39 is 0 Å². The lowest BCUT2D eigenvalue weighted by Crippen LogP contribution is -2.08. The average Bonchev–Trinajstić information content (AvgIpc) is 3.13. The third kappa shape index (κ3) is 16.9. The van der Waals surface area contributed by atoms with Crippen LogP contribution in [0.25, 0.3) is 22.3 Å². The van der Waals surface area contributed by atoms with Crippen molar-refractivity contribution in [1.29, 1.82) is 0 Å². The number of hydrogen-bond donors (Lipinski definition) is 0. The Morgan fingerprint density at radius 1 is 0.510 bits per heavy atom. The maximum absolute atomic E-state index is 12.5. The summed E-state index contributed by atoms with van der Waals surface area (Å²) in [5.41, 5.74) is 5.74. The van der Waals surface area contributed by atoms with Crippen LogP contribution in [0.3, 0.4) is 0 Å². The van der Waals surface area contributed by atoms with Gasteiger partial charge in [0.15, 0.2) is 0 Å². The Bertz CT molecular complexity index is 1250. The third-order valence-electron chi connectivity index (χ3n) is 9.84. The van der Waals surface area contributed by atoms with Crippen molar-refractivity contribution in [3.05, 3.63) is 78.4 Å². The van der Waals surface area contributed by atoms with Crippen molar-refractivity contribution in [1.82, 2.24) is 0 Å². The van der Waals surface area contributed by atoms with E-state index in [9.17, 15) is 4.79 Å². The Kier molecular flexibility index (Phi) is 21.3. The molecule has 49 heavy (non-hydrogen) atoms. The van der Waals surface area contributed by atoms with E-state index in [0.29, 0.717) is 6.42 Å². The van der Waals surface area contributed by atoms with Crippen molar-refractivity contribution in [2.24, 2.45) is 0 Å². The molecule has 0 aliphatic heterocycles. The predicted octanol–water partition coefficient (Wildman–Crippen LogP) is 14.6. The molecule has 3 nitrogen and oxygen atoms in total. The van der Waals surface area contributed by atoms with E-state index in [4.69, 9.17) is 9.47 Å². The minimum atomic E-state index is -0.252. The minimum Gasteiger partial charge on any atom is -0.494 e. The summed E-state index contributed by atoms with van der Waals surface area (Å²) in [6.07, 6.45) is 27.7. The molecule has 3 aromatic carbocycles. The van der Waals surface area contributed by atoms with E-state index in [-0.39, 0.29) is 12.1 Å². The van der Waals surface area contributed by atoms with Gasteiger partial charge in [-0.2, -0.15) is 0 Å². The first kappa shape index (κ1) is 40.4. The van der Waals surface area contributed by atoms with E-state index >= 15 is 0 Å². The summed E-state index contributed by atoms with van der Waals surface area (Å²) in [6, 6.07) is 25.5. The van der Waals surface area contributed by atoms with Crippen molar-refractivity contribution in [2.45, 2.75) is 168 Å². The van der Waals surface area contributed by atoms with Crippen LogP contribution in [0.2, 0.25) is 0 Å². The molecule has 0 spiro atoms. The molecule has 0 fully saturated rings. The zero-order valence-corrected chi connectivity index (χ0v) is 31.5. The number of benzene rings is 3. The summed E-state index contributed by atoms with van der Waals surface area (Å²) in [5.74, 6) is 0.849. The molecule has 0 aromatic heterocycles. The van der Waals surface area contributed by atoms with Gasteiger partial charge in [0.25, 0.3) is 0 Å². The van der Waals surface area contributed by atoms with Gasteiger partial charge in [-0.3, -0.25) is 4.79 Å². The largest absolute Gasteiger partial charge is 0.494 e. The summed E-state index contributed by atoms with van der Waals surface area (Å²) in [6.45, 7) is 7.30. The molecule has 0 bridgehead atoms. The predicted molar refractivity (Wildman–Crippen MR) is 210 cm³/mol. The molecule has 0 radical (unpaired) electrons. The number of rotatable bonds is 28. The molecule has 0 saturated heterocycles. The van der Waals surface area contributed by atoms with Gasteiger partial charge in [-0.1, -0.05) is 197 Å². The topological polar surface area (TPSA) is 35.5 Å². The molecule has 0 amide bonds. The van der Waals surface area contributed by atoms with E-state index in [0.717, 1.165) is 42.7 Å². The maximum atomic E-state index is 12.5. The van der Waals surface area contributed by atoms with Crippen LogP contribution in [0.5, 0.6) is 5.75 Å². The van der Waals surface area contributed by atoms with Crippen LogP contribution in [0.1, 0.15) is 174 Å². The van der Waals surface area contributed by atoms with E-state index in [1.807, 2.05) is 6.92 Å². The Labute approximate surface area is 300 Å². The molecule has 1 atom stereocenters. The summed E-state index contributed by atoms with van der Waals surface area (Å²) < 4.78 is 11.9. The minimum absolute atomic E-state index is 0.0891. The Hall–Kier alpha value is -3.07. The second-order valence-corrected chi connectivity index (χ2v) is 14.1. The van der Waals surface area contributed by atoms with Crippen molar-refractivity contribution in [2.75, 3.05) is 6.61 Å². The van der Waals surface area contributed by atoms with Gasteiger partial charge in [0.2, 0.25) is 0 Å². The smallest absolute Gasteiger partial charge is 0.306 e. The molecule has 0 aliphatic rings. The molecule has 0 heterocycles. The zero-order valence-electron chi connectivity index (χ0n) is 31.5. The monoisotopic (exact) mass is 669 g/mol. The van der Waals surface area contributed by atoms with Crippen molar-refractivity contribution < 1.29 is 14.3 Å². The van der Waals surface area contributed by atoms with Gasteiger partial charge in [0, 0.05) is 6.42 Å². The summed E-state index contributed by atoms with van der Waals surface area (Å²) in [5, 5.41) is 0. The van der Waals surface area contributed by atoms with Gasteiger partial charge in [-0.15, -0.1) is 0 Å². The number of esters is 1. The summed E-state index contributed by atoms with van der Waals surface area (Å²) >= 11 is 0. The number of carbonyl (C=O) groups excluding carboxylic acids is 1. The van der Waals surface area contributed by atoms with Crippen LogP contribution in [0, 0.1) is 0 Å². The Morgan fingerprint density at radius 3 is 1.39 bits per heavy atom. The lowest BCUT2D eigenvalue weighted by molar-refractivity contribution is -0.148. The summed E-state index contributed by atoms with van der Waals surface area (Å²) in [7, 11) is 0. The molecule has 3 aromatic rings. The fourth-order valence-corrected chi connectivity index (χ4v) is 6.69. The lowest BCUT2D eigenvalue weighted by atomic mass is 9.93. The molecule has 3 rings (SSSR count). The standard InChI is InChI=1S/C46H68O3/c1-4-6-8-10-12-14-16-17-19-21-23-29-46(47)49-39(3)40-30-32-41(33-31-40)44-27-24-25-28-45(44)42-34-36-43(37-35-42)48-38-26-22-20-18-15-13-11-9-7-5-2/h24-25,27-28,30-37,39H,4-23,26,29,38H2,1-3H3. The number of ether oxygens (including phenoxy) is 2. The average molecular weight is 669 g/mol. The highest BCUT2D eigenvalue weighted by atomic mass is 16.5. The molecule has 0 aliphatic carbocycles. The van der Waals surface area contributed by atoms with Gasteiger partial charge in [0.05, 0.1) is 6.61 Å². The first-order chi connectivity index (χ1) is 24.1. The van der Waals surface area contributed by atoms with Crippen LogP contribution < -0.4 is 4.74 Å². The molecule has 0 saturated carbocycles. The van der Waals surface area contributed by atoms with Gasteiger partial charge >= 0.3 is 5.97 Å². The highest BCUT2D eigenvalue weighted by molar-refractivity contribution is 5.83. The highest BCUT2D eigenvalue weighted by Crippen LogP contribution is 2.34. The maximum Gasteiger partial charge on any atom is 0.306 e. The highest BCUT2D eigenvalue weighted by Gasteiger charge is 2.13. The quantitative estimate of drug-likeness (QED) is 0.0570. The van der Waals surface area contributed by atoms with E-state index in [1.54, 1.807) is 0 Å². The van der Waals surface area contributed by atoms with Gasteiger partial charge < -0.3 is 9.47 Å². The van der Waals surface area contributed by atoms with Gasteiger partial charge in [-0.05, 0) is 59.7 Å². The Morgan fingerprint density at radius 2 is 0.918 bits per heavy atom. The van der Waals surface area contributed by atoms with Crippen molar-refractivity contribution in [3.8, 4) is 28.0 Å². The first-order valence-corrected chi connectivity index (χ1v) is 20.2. The van der Waals surface area contributed by atoms with Crippen molar-refractivity contribution >= 4 is 5.97 Å². The Balaban J connectivity index is 1.37. The molecular formula is C46H68O3. The second kappa shape index (κ2) is 25.8. The molecule has 270 valence electrons. The second-order valence-electron chi connectivity index (χ2n) is 14.1. The van der Waals surface area contributed by atoms with Crippen LogP contribution in [0.15, 0.2) is 72.8 Å². The molecule has 3 heteroatoms. The number of hydrogen-bond acceptors (Lipinski definition) is 3. The van der Waals surface area contributed by atoms with Crippen LogP contribution >= 0.6 is 0 Å². The van der Waals surface area contributed by atoms with Crippen LogP contribution in [-0.4, -0.2) is 12.6 Å². The third-order valence-corrected chi connectivity index (χ3v) is 9.84. The number of unbranched alkanes of at least 4 members (excludes halogenated alkanes) is 19.